The predicted molar refractivity (Wildman–Crippen MR) is 124 cm³/mol. The number of amides is 1. The van der Waals surface area contributed by atoms with E-state index in [4.69, 9.17) is 4.74 Å². The van der Waals surface area contributed by atoms with E-state index < -0.39 is 11.7 Å². The van der Waals surface area contributed by atoms with Crippen LogP contribution in [0.3, 0.4) is 0 Å². The molecule has 0 fully saturated rings. The van der Waals surface area contributed by atoms with Crippen LogP contribution in [0.25, 0.3) is 16.7 Å². The zero-order valence-electron chi connectivity index (χ0n) is 18.7. The van der Waals surface area contributed by atoms with Crippen molar-refractivity contribution in [3.63, 3.8) is 0 Å². The molecule has 34 heavy (non-hydrogen) atoms. The minimum absolute atomic E-state index is 0.0387. The largest absolute Gasteiger partial charge is 0.379 e. The van der Waals surface area contributed by atoms with E-state index in [2.05, 4.69) is 9.98 Å². The maximum atomic E-state index is 13.7. The summed E-state index contributed by atoms with van der Waals surface area (Å²) in [5.41, 5.74) is 0.514. The highest BCUT2D eigenvalue weighted by atomic mass is 19.1. The zero-order valence-corrected chi connectivity index (χ0v) is 18.7. The fourth-order valence-electron chi connectivity index (χ4n) is 3.62. The smallest absolute Gasteiger partial charge is 0.279 e. The molecule has 8 nitrogen and oxygen atoms in total. The van der Waals surface area contributed by atoms with Gasteiger partial charge in [-0.2, -0.15) is 10.3 Å². The van der Waals surface area contributed by atoms with Gasteiger partial charge in [-0.3, -0.25) is 14.0 Å². The van der Waals surface area contributed by atoms with Crippen LogP contribution in [-0.2, 0) is 11.3 Å². The lowest BCUT2D eigenvalue weighted by atomic mass is 10.2. The number of hydrogen-bond donors (Lipinski definition) is 0. The quantitative estimate of drug-likeness (QED) is 0.325. The highest BCUT2D eigenvalue weighted by molar-refractivity contribution is 5.95. The SMILES string of the molecule is CC(C)OCCCn1c(=NC(=O)c2cccc(F)c2)c(C#N)cc2c(=O)n3ccccc3nc21. The summed E-state index contributed by atoms with van der Waals surface area (Å²) in [7, 11) is 0. The van der Waals surface area contributed by atoms with Crippen LogP contribution in [0, 0.1) is 17.1 Å². The van der Waals surface area contributed by atoms with E-state index >= 15 is 0 Å². The van der Waals surface area contributed by atoms with Crippen molar-refractivity contribution in [1.82, 2.24) is 14.0 Å². The van der Waals surface area contributed by atoms with Gasteiger partial charge in [-0.15, -0.1) is 0 Å². The Labute approximate surface area is 194 Å². The van der Waals surface area contributed by atoms with Crippen molar-refractivity contribution in [1.29, 1.82) is 5.26 Å². The van der Waals surface area contributed by atoms with E-state index in [1.165, 1.54) is 28.7 Å². The number of benzene rings is 1. The van der Waals surface area contributed by atoms with Gasteiger partial charge < -0.3 is 9.30 Å². The summed E-state index contributed by atoms with van der Waals surface area (Å²) >= 11 is 0. The third-order valence-electron chi connectivity index (χ3n) is 5.17. The predicted octanol–water partition coefficient (Wildman–Crippen LogP) is 3.22. The number of aryl methyl sites for hydroxylation is 1. The van der Waals surface area contributed by atoms with Crippen molar-refractivity contribution in [3.8, 4) is 6.07 Å². The number of rotatable bonds is 6. The molecule has 1 aromatic carbocycles. The topological polar surface area (TPSA) is 102 Å². The van der Waals surface area contributed by atoms with Crippen LogP contribution in [-0.4, -0.2) is 32.6 Å². The molecule has 0 aliphatic rings. The highest BCUT2D eigenvalue weighted by Crippen LogP contribution is 2.12. The first-order valence-electron chi connectivity index (χ1n) is 10.8. The lowest BCUT2D eigenvalue weighted by molar-refractivity contribution is 0.0748. The number of hydrogen-bond acceptors (Lipinski definition) is 5. The van der Waals surface area contributed by atoms with Crippen LogP contribution in [0.15, 0.2) is 64.5 Å². The van der Waals surface area contributed by atoms with E-state index in [0.717, 1.165) is 6.07 Å². The Bertz CT molecular complexity index is 1560. The Hall–Kier alpha value is -4.16. The number of ether oxygens (including phenoxy) is 1. The summed E-state index contributed by atoms with van der Waals surface area (Å²) in [5, 5.41) is 10.1. The summed E-state index contributed by atoms with van der Waals surface area (Å²) in [6.07, 6.45) is 2.17. The number of nitrogens with zero attached hydrogens (tertiary/aromatic N) is 5. The molecule has 0 N–H and O–H groups in total. The van der Waals surface area contributed by atoms with Gasteiger partial charge in [-0.25, -0.2) is 9.37 Å². The standard InChI is InChI=1S/C25H22FN5O3/c1-16(2)34-12-6-11-31-22(29-24(32)17-7-5-8-19(26)13-17)18(15-27)14-20-23(31)28-21-9-3-4-10-30(21)25(20)33/h3-5,7-10,13-14,16H,6,11-12H2,1-2H3. The Balaban J connectivity index is 1.98. The molecule has 0 atom stereocenters. The first kappa shape index (κ1) is 23.0. The second-order valence-electron chi connectivity index (χ2n) is 7.93. The summed E-state index contributed by atoms with van der Waals surface area (Å²) in [6.45, 7) is 4.56. The third kappa shape index (κ3) is 4.63. The first-order chi connectivity index (χ1) is 16.4. The molecule has 0 unspecified atom stereocenters. The monoisotopic (exact) mass is 459 g/mol. The maximum absolute atomic E-state index is 13.7. The fraction of sp³-hybridized carbons (Fsp3) is 0.240. The van der Waals surface area contributed by atoms with Gasteiger partial charge in [-0.1, -0.05) is 12.1 Å². The Morgan fingerprint density at radius 2 is 2.06 bits per heavy atom. The summed E-state index contributed by atoms with van der Waals surface area (Å²) in [4.78, 5) is 34.8. The molecule has 1 amide bonds. The van der Waals surface area contributed by atoms with Crippen LogP contribution in [0.5, 0.6) is 0 Å². The van der Waals surface area contributed by atoms with Crippen molar-refractivity contribution >= 4 is 22.6 Å². The van der Waals surface area contributed by atoms with Crippen LogP contribution in [0.2, 0.25) is 0 Å². The molecule has 9 heteroatoms. The van der Waals surface area contributed by atoms with Crippen molar-refractivity contribution < 1.29 is 13.9 Å². The molecule has 3 heterocycles. The second kappa shape index (κ2) is 9.77. The van der Waals surface area contributed by atoms with Crippen molar-refractivity contribution in [2.75, 3.05) is 6.61 Å². The lowest BCUT2D eigenvalue weighted by Crippen LogP contribution is -2.30. The molecule has 4 aromatic rings. The molecule has 3 aromatic heterocycles. The van der Waals surface area contributed by atoms with E-state index in [0.29, 0.717) is 30.9 Å². The van der Waals surface area contributed by atoms with E-state index in [1.807, 2.05) is 19.9 Å². The molecule has 0 bridgehead atoms. The lowest BCUT2D eigenvalue weighted by Gasteiger charge is -2.14. The molecule has 0 saturated carbocycles. The fourth-order valence-corrected chi connectivity index (χ4v) is 3.62. The molecule has 0 saturated heterocycles. The average Bonchev–Trinajstić information content (AvgIpc) is 2.82. The molecular weight excluding hydrogens is 437 g/mol. The molecule has 0 aliphatic heterocycles. The van der Waals surface area contributed by atoms with Gasteiger partial charge in [0.05, 0.1) is 17.1 Å². The normalized spacial score (nSPS) is 11.9. The van der Waals surface area contributed by atoms with Crippen molar-refractivity contribution in [2.45, 2.75) is 32.9 Å². The van der Waals surface area contributed by atoms with Crippen molar-refractivity contribution in [3.05, 3.63) is 87.5 Å². The summed E-state index contributed by atoms with van der Waals surface area (Å²) in [5.74, 6) is -1.28. The second-order valence-corrected chi connectivity index (χ2v) is 7.93. The van der Waals surface area contributed by atoms with Gasteiger partial charge in [0.1, 0.15) is 23.2 Å². The summed E-state index contributed by atoms with van der Waals surface area (Å²) in [6, 6.07) is 13.8. The van der Waals surface area contributed by atoms with E-state index in [9.17, 15) is 19.2 Å². The molecule has 0 spiro atoms. The van der Waals surface area contributed by atoms with Gasteiger partial charge in [0.15, 0.2) is 5.49 Å². The van der Waals surface area contributed by atoms with Gasteiger partial charge in [0, 0.05) is 24.9 Å². The van der Waals surface area contributed by atoms with Crippen LogP contribution >= 0.6 is 0 Å². The van der Waals surface area contributed by atoms with E-state index in [-0.39, 0.29) is 33.7 Å². The molecule has 0 aliphatic carbocycles. The van der Waals surface area contributed by atoms with Crippen LogP contribution in [0.1, 0.15) is 36.2 Å². The number of carbonyl (C=O) groups is 1. The van der Waals surface area contributed by atoms with Gasteiger partial charge >= 0.3 is 0 Å². The number of halogens is 1. The molecule has 4 rings (SSSR count). The molecule has 172 valence electrons. The van der Waals surface area contributed by atoms with Gasteiger partial charge in [0.25, 0.3) is 11.5 Å². The first-order valence-corrected chi connectivity index (χ1v) is 10.8. The molecule has 0 radical (unpaired) electrons. The maximum Gasteiger partial charge on any atom is 0.279 e. The average molecular weight is 459 g/mol. The Morgan fingerprint density at radius 3 is 2.79 bits per heavy atom. The van der Waals surface area contributed by atoms with Crippen LogP contribution < -0.4 is 11.0 Å². The Morgan fingerprint density at radius 1 is 1.24 bits per heavy atom. The van der Waals surface area contributed by atoms with Crippen molar-refractivity contribution in [2.24, 2.45) is 4.99 Å². The Kier molecular flexibility index (Phi) is 6.61. The highest BCUT2D eigenvalue weighted by Gasteiger charge is 2.16. The van der Waals surface area contributed by atoms with Gasteiger partial charge in [-0.05, 0) is 56.7 Å². The van der Waals surface area contributed by atoms with Crippen LogP contribution in [0.4, 0.5) is 4.39 Å². The zero-order chi connectivity index (χ0) is 24.2. The number of aromatic nitrogens is 3. The van der Waals surface area contributed by atoms with E-state index in [1.54, 1.807) is 29.0 Å². The number of pyridine rings is 2. The third-order valence-corrected chi connectivity index (χ3v) is 5.17. The summed E-state index contributed by atoms with van der Waals surface area (Å²) < 4.78 is 22.3. The minimum Gasteiger partial charge on any atom is -0.379 e. The number of carbonyl (C=O) groups excluding carboxylic acids is 1. The molecular formula is C25H22FN5O3. The number of nitriles is 1. The minimum atomic E-state index is -0.708. The number of fused-ring (bicyclic) bond motifs is 2. The van der Waals surface area contributed by atoms with Gasteiger partial charge in [0.2, 0.25) is 0 Å².